The highest BCUT2D eigenvalue weighted by Crippen LogP contribution is 2.13. The topological polar surface area (TPSA) is 105 Å². The number of nitrogens with zero attached hydrogens (tertiary/aromatic N) is 3. The minimum absolute atomic E-state index is 0.0217. The first-order valence-corrected chi connectivity index (χ1v) is 6.96. The molecule has 100 valence electrons. The molecule has 2 N–H and O–H groups in total. The van der Waals surface area contributed by atoms with Crippen molar-refractivity contribution in [1.82, 2.24) is 15.2 Å². The summed E-state index contributed by atoms with van der Waals surface area (Å²) in [5, 5.41) is 15.9. The molecule has 0 amide bonds. The van der Waals surface area contributed by atoms with Gasteiger partial charge in [-0.15, -0.1) is 5.10 Å². The number of hydrogen-bond donors (Lipinski definition) is 2. The van der Waals surface area contributed by atoms with E-state index in [1.807, 2.05) is 0 Å². The fourth-order valence-corrected chi connectivity index (χ4v) is 2.38. The zero-order valence-electron chi connectivity index (χ0n) is 9.89. The van der Waals surface area contributed by atoms with Crippen LogP contribution in [0, 0.1) is 0 Å². The summed E-state index contributed by atoms with van der Waals surface area (Å²) < 4.78 is 26.2. The lowest BCUT2D eigenvalue weighted by Crippen LogP contribution is -2.15. The standard InChI is InChI=1S/C11H12N4O3S/c16-8-5-9-1-3-10(4-2-9)19(17,18)15-11-12-6-7-13-14-11/h1-4,6-7,16H,5,8H2,(H,12,14,15). The first-order valence-electron chi connectivity index (χ1n) is 5.48. The zero-order chi connectivity index (χ0) is 13.7. The van der Waals surface area contributed by atoms with Crippen molar-refractivity contribution in [2.24, 2.45) is 0 Å². The SMILES string of the molecule is O=S(=O)(Nc1nccnn1)c1ccc(CCO)cc1. The zero-order valence-corrected chi connectivity index (χ0v) is 10.7. The van der Waals surface area contributed by atoms with Crippen LogP contribution in [0.1, 0.15) is 5.56 Å². The van der Waals surface area contributed by atoms with Crippen LogP contribution >= 0.6 is 0 Å². The van der Waals surface area contributed by atoms with Crippen molar-refractivity contribution < 1.29 is 13.5 Å². The Balaban J connectivity index is 2.20. The van der Waals surface area contributed by atoms with Crippen LogP contribution in [0.15, 0.2) is 41.6 Å². The lowest BCUT2D eigenvalue weighted by Gasteiger charge is -2.06. The van der Waals surface area contributed by atoms with E-state index in [9.17, 15) is 8.42 Å². The average Bonchev–Trinajstić information content (AvgIpc) is 2.40. The van der Waals surface area contributed by atoms with Gasteiger partial charge in [-0.3, -0.25) is 0 Å². The van der Waals surface area contributed by atoms with Gasteiger partial charge in [0.05, 0.1) is 17.3 Å². The van der Waals surface area contributed by atoms with Crippen molar-refractivity contribution in [3.63, 3.8) is 0 Å². The largest absolute Gasteiger partial charge is 0.396 e. The average molecular weight is 280 g/mol. The Hall–Kier alpha value is -2.06. The number of rotatable bonds is 5. The Kier molecular flexibility index (Phi) is 4.03. The van der Waals surface area contributed by atoms with Crippen LogP contribution in [0.25, 0.3) is 0 Å². The predicted octanol–water partition coefficient (Wildman–Crippen LogP) is 0.207. The molecule has 0 aliphatic rings. The fraction of sp³-hybridized carbons (Fsp3) is 0.182. The van der Waals surface area contributed by atoms with E-state index in [4.69, 9.17) is 5.11 Å². The smallest absolute Gasteiger partial charge is 0.264 e. The number of aromatic nitrogens is 3. The molecule has 0 aliphatic carbocycles. The molecule has 0 saturated carbocycles. The fourth-order valence-electron chi connectivity index (χ4n) is 1.44. The van der Waals surface area contributed by atoms with E-state index in [2.05, 4.69) is 19.9 Å². The van der Waals surface area contributed by atoms with E-state index in [1.54, 1.807) is 12.1 Å². The van der Waals surface area contributed by atoms with Crippen molar-refractivity contribution >= 4 is 16.0 Å². The molecule has 8 heteroatoms. The second-order valence-electron chi connectivity index (χ2n) is 3.69. The molecule has 0 atom stereocenters. The Labute approximate surface area is 110 Å². The van der Waals surface area contributed by atoms with E-state index in [-0.39, 0.29) is 17.5 Å². The minimum atomic E-state index is -3.72. The summed E-state index contributed by atoms with van der Waals surface area (Å²) in [5.74, 6) is -0.0815. The quantitative estimate of drug-likeness (QED) is 0.811. The van der Waals surface area contributed by atoms with Gasteiger partial charge in [-0.05, 0) is 24.1 Å². The van der Waals surface area contributed by atoms with E-state index in [0.29, 0.717) is 6.42 Å². The third kappa shape index (κ3) is 3.46. The molecule has 1 heterocycles. The number of anilines is 1. The molecule has 2 rings (SSSR count). The van der Waals surface area contributed by atoms with Gasteiger partial charge < -0.3 is 5.11 Å². The molecule has 0 unspecified atom stereocenters. The predicted molar refractivity (Wildman–Crippen MR) is 67.9 cm³/mol. The number of sulfonamides is 1. The van der Waals surface area contributed by atoms with Gasteiger partial charge in [0.25, 0.3) is 16.0 Å². The van der Waals surface area contributed by atoms with Crippen LogP contribution in [0.2, 0.25) is 0 Å². The molecule has 0 saturated heterocycles. The summed E-state index contributed by atoms with van der Waals surface area (Å²) in [7, 11) is -3.72. The molecular weight excluding hydrogens is 268 g/mol. The third-order valence-corrected chi connectivity index (χ3v) is 3.69. The summed E-state index contributed by atoms with van der Waals surface area (Å²) in [6.45, 7) is 0.0217. The van der Waals surface area contributed by atoms with Crippen molar-refractivity contribution in [3.8, 4) is 0 Å². The Morgan fingerprint density at radius 3 is 2.47 bits per heavy atom. The number of aliphatic hydroxyl groups is 1. The van der Waals surface area contributed by atoms with Crippen LogP contribution in [-0.4, -0.2) is 35.3 Å². The second kappa shape index (κ2) is 5.72. The Morgan fingerprint density at radius 2 is 1.89 bits per heavy atom. The number of benzene rings is 1. The first kappa shape index (κ1) is 13.4. The number of hydrogen-bond acceptors (Lipinski definition) is 6. The molecule has 0 radical (unpaired) electrons. The van der Waals surface area contributed by atoms with Crippen molar-refractivity contribution in [2.75, 3.05) is 11.3 Å². The Morgan fingerprint density at radius 1 is 1.16 bits per heavy atom. The van der Waals surface area contributed by atoms with Gasteiger partial charge in [0.1, 0.15) is 0 Å². The molecular formula is C11H12N4O3S. The maximum atomic E-state index is 12.0. The van der Waals surface area contributed by atoms with Crippen LogP contribution in [0.4, 0.5) is 5.95 Å². The van der Waals surface area contributed by atoms with Gasteiger partial charge in [-0.1, -0.05) is 12.1 Å². The molecule has 0 bridgehead atoms. The normalized spacial score (nSPS) is 11.2. The van der Waals surface area contributed by atoms with Gasteiger partial charge in [-0.2, -0.15) is 5.10 Å². The maximum Gasteiger partial charge on any atom is 0.264 e. The summed E-state index contributed by atoms with van der Waals surface area (Å²) in [4.78, 5) is 3.84. The summed E-state index contributed by atoms with van der Waals surface area (Å²) >= 11 is 0. The van der Waals surface area contributed by atoms with Crippen LogP contribution in [0.5, 0.6) is 0 Å². The van der Waals surface area contributed by atoms with Gasteiger partial charge in [0, 0.05) is 6.61 Å². The first-order chi connectivity index (χ1) is 9.12. The lowest BCUT2D eigenvalue weighted by molar-refractivity contribution is 0.299. The summed E-state index contributed by atoms with van der Waals surface area (Å²) in [5.41, 5.74) is 0.860. The van der Waals surface area contributed by atoms with Crippen LogP contribution < -0.4 is 4.72 Å². The monoisotopic (exact) mass is 280 g/mol. The molecule has 2 aromatic rings. The highest BCUT2D eigenvalue weighted by Gasteiger charge is 2.15. The van der Waals surface area contributed by atoms with Gasteiger partial charge in [0.15, 0.2) is 0 Å². The summed E-state index contributed by atoms with van der Waals surface area (Å²) in [6.07, 6.45) is 3.18. The molecule has 1 aromatic carbocycles. The van der Waals surface area contributed by atoms with Crippen molar-refractivity contribution in [2.45, 2.75) is 11.3 Å². The van der Waals surface area contributed by atoms with Crippen LogP contribution in [0.3, 0.4) is 0 Å². The van der Waals surface area contributed by atoms with E-state index in [1.165, 1.54) is 24.5 Å². The van der Waals surface area contributed by atoms with Crippen molar-refractivity contribution in [3.05, 3.63) is 42.2 Å². The summed E-state index contributed by atoms with van der Waals surface area (Å²) in [6, 6.07) is 6.22. The minimum Gasteiger partial charge on any atom is -0.396 e. The lowest BCUT2D eigenvalue weighted by atomic mass is 10.2. The maximum absolute atomic E-state index is 12.0. The molecule has 0 fully saturated rings. The molecule has 7 nitrogen and oxygen atoms in total. The van der Waals surface area contributed by atoms with Gasteiger partial charge in [0.2, 0.25) is 0 Å². The second-order valence-corrected chi connectivity index (χ2v) is 5.37. The highest BCUT2D eigenvalue weighted by atomic mass is 32.2. The van der Waals surface area contributed by atoms with Crippen molar-refractivity contribution in [1.29, 1.82) is 0 Å². The molecule has 0 aliphatic heterocycles. The van der Waals surface area contributed by atoms with Gasteiger partial charge in [-0.25, -0.2) is 18.1 Å². The number of aliphatic hydroxyl groups excluding tert-OH is 1. The highest BCUT2D eigenvalue weighted by molar-refractivity contribution is 7.92. The van der Waals surface area contributed by atoms with Crippen LogP contribution in [-0.2, 0) is 16.4 Å². The molecule has 19 heavy (non-hydrogen) atoms. The Bertz CT molecular complexity index is 629. The molecule has 1 aromatic heterocycles. The van der Waals surface area contributed by atoms with E-state index >= 15 is 0 Å². The van der Waals surface area contributed by atoms with E-state index < -0.39 is 10.0 Å². The van der Waals surface area contributed by atoms with E-state index in [0.717, 1.165) is 5.56 Å². The third-order valence-electron chi connectivity index (χ3n) is 2.34. The molecule has 0 spiro atoms. The number of nitrogens with one attached hydrogen (secondary N) is 1. The van der Waals surface area contributed by atoms with Gasteiger partial charge >= 0.3 is 0 Å².